The van der Waals surface area contributed by atoms with Crippen LogP contribution in [0, 0.1) is 0 Å². The summed E-state index contributed by atoms with van der Waals surface area (Å²) in [5.74, 6) is -0.559. The van der Waals surface area contributed by atoms with Gasteiger partial charge >= 0.3 is 0 Å². The minimum Gasteiger partial charge on any atom is -0.507 e. The number of amides is 1. The second-order valence-electron chi connectivity index (χ2n) is 8.95. The van der Waals surface area contributed by atoms with Crippen molar-refractivity contribution in [3.63, 3.8) is 0 Å². The average molecular weight is 518 g/mol. The van der Waals surface area contributed by atoms with Gasteiger partial charge in [-0.25, -0.2) is 0 Å². The summed E-state index contributed by atoms with van der Waals surface area (Å²) in [7, 11) is 0. The summed E-state index contributed by atoms with van der Waals surface area (Å²) in [5, 5.41) is 21.6. The first kappa shape index (κ1) is 26.6. The Labute approximate surface area is 221 Å². The summed E-state index contributed by atoms with van der Waals surface area (Å²) >= 11 is 0. The first-order chi connectivity index (χ1) is 18.2. The average Bonchev–Trinajstić information content (AvgIpc) is 3.16. The van der Waals surface area contributed by atoms with E-state index in [1.165, 1.54) is 11.0 Å². The van der Waals surface area contributed by atoms with Crippen LogP contribution in [0.5, 0.6) is 23.0 Å². The lowest BCUT2D eigenvalue weighted by Gasteiger charge is -2.26. The number of aromatic hydroxyl groups is 1. The lowest BCUT2D eigenvalue weighted by atomic mass is 9.94. The highest BCUT2D eigenvalue weighted by molar-refractivity contribution is 6.51. The van der Waals surface area contributed by atoms with Gasteiger partial charge in [-0.05, 0) is 93.9 Å². The summed E-state index contributed by atoms with van der Waals surface area (Å²) in [5.41, 5.74) is 1.22. The number of aliphatic hydroxyl groups excluding tert-OH is 1. The Morgan fingerprint density at radius 3 is 2.13 bits per heavy atom. The van der Waals surface area contributed by atoms with E-state index in [0.717, 1.165) is 0 Å². The molecule has 1 heterocycles. The van der Waals surface area contributed by atoms with Gasteiger partial charge < -0.3 is 24.4 Å². The Morgan fingerprint density at radius 2 is 1.53 bits per heavy atom. The number of hydrogen-bond acceptors (Lipinski definition) is 7. The van der Waals surface area contributed by atoms with Crippen LogP contribution in [0.15, 0.2) is 72.3 Å². The molecule has 1 unspecified atom stereocenters. The van der Waals surface area contributed by atoms with Gasteiger partial charge in [0.15, 0.2) is 11.5 Å². The molecular weight excluding hydrogens is 486 g/mol. The molecule has 1 aliphatic heterocycles. The van der Waals surface area contributed by atoms with Crippen LogP contribution in [-0.4, -0.2) is 41.2 Å². The van der Waals surface area contributed by atoms with Crippen LogP contribution in [0.4, 0.5) is 5.69 Å². The van der Waals surface area contributed by atoms with Gasteiger partial charge in [-0.3, -0.25) is 14.5 Å². The van der Waals surface area contributed by atoms with Crippen molar-refractivity contribution in [2.45, 2.75) is 39.8 Å². The number of rotatable bonds is 9. The number of nitrogens with zero attached hydrogens (tertiary/aromatic N) is 1. The number of hydrogen-bond donors (Lipinski definition) is 2. The van der Waals surface area contributed by atoms with E-state index >= 15 is 0 Å². The van der Waals surface area contributed by atoms with Crippen molar-refractivity contribution < 1.29 is 34.0 Å². The topological polar surface area (TPSA) is 106 Å². The molecule has 3 aromatic carbocycles. The molecule has 0 saturated carbocycles. The number of benzene rings is 3. The fourth-order valence-corrected chi connectivity index (χ4v) is 4.37. The third-order valence-electron chi connectivity index (χ3n) is 5.97. The van der Waals surface area contributed by atoms with E-state index in [4.69, 9.17) is 14.2 Å². The van der Waals surface area contributed by atoms with Gasteiger partial charge in [0.05, 0.1) is 30.9 Å². The first-order valence-corrected chi connectivity index (χ1v) is 12.5. The molecule has 4 rings (SSSR count). The molecule has 0 radical (unpaired) electrons. The molecule has 0 bridgehead atoms. The molecule has 0 aromatic heterocycles. The predicted molar refractivity (Wildman–Crippen MR) is 144 cm³/mol. The van der Waals surface area contributed by atoms with Crippen LogP contribution in [-0.2, 0) is 9.59 Å². The van der Waals surface area contributed by atoms with Gasteiger partial charge in [0, 0.05) is 11.3 Å². The molecule has 1 aliphatic rings. The van der Waals surface area contributed by atoms with Crippen LogP contribution in [0.25, 0.3) is 5.76 Å². The minimum atomic E-state index is -0.973. The van der Waals surface area contributed by atoms with Gasteiger partial charge in [-0.15, -0.1) is 0 Å². The Morgan fingerprint density at radius 1 is 0.895 bits per heavy atom. The minimum absolute atomic E-state index is 0.0251. The van der Waals surface area contributed by atoms with Gasteiger partial charge in [0.1, 0.15) is 17.3 Å². The molecule has 1 atom stereocenters. The van der Waals surface area contributed by atoms with Crippen molar-refractivity contribution in [2.24, 2.45) is 0 Å². The molecule has 38 heavy (non-hydrogen) atoms. The zero-order chi connectivity index (χ0) is 27.4. The van der Waals surface area contributed by atoms with Gasteiger partial charge in [0.2, 0.25) is 0 Å². The monoisotopic (exact) mass is 517 g/mol. The smallest absolute Gasteiger partial charge is 0.300 e. The Hall–Kier alpha value is -4.46. The summed E-state index contributed by atoms with van der Waals surface area (Å²) in [6.07, 6.45) is -0.0251. The molecular formula is C30H31NO7. The maximum atomic E-state index is 13.4. The number of ketones is 1. The van der Waals surface area contributed by atoms with Crippen LogP contribution < -0.4 is 19.1 Å². The largest absolute Gasteiger partial charge is 0.507 e. The number of phenols is 1. The van der Waals surface area contributed by atoms with Crippen molar-refractivity contribution in [3.8, 4) is 23.0 Å². The maximum absolute atomic E-state index is 13.4. The third-order valence-corrected chi connectivity index (χ3v) is 5.97. The normalized spacial score (nSPS) is 16.7. The van der Waals surface area contributed by atoms with Crippen LogP contribution >= 0.6 is 0 Å². The summed E-state index contributed by atoms with van der Waals surface area (Å²) in [6, 6.07) is 17.1. The Bertz CT molecular complexity index is 1340. The third kappa shape index (κ3) is 5.29. The van der Waals surface area contributed by atoms with Crippen LogP contribution in [0.2, 0.25) is 0 Å². The second-order valence-corrected chi connectivity index (χ2v) is 8.95. The van der Waals surface area contributed by atoms with E-state index in [1.807, 2.05) is 20.8 Å². The number of carbonyl (C=O) groups excluding carboxylic acids is 2. The highest BCUT2D eigenvalue weighted by atomic mass is 16.5. The highest BCUT2D eigenvalue weighted by Gasteiger charge is 2.47. The van der Waals surface area contributed by atoms with Gasteiger partial charge in [-0.2, -0.15) is 0 Å². The summed E-state index contributed by atoms with van der Waals surface area (Å²) in [4.78, 5) is 28.1. The van der Waals surface area contributed by atoms with E-state index in [1.54, 1.807) is 67.6 Å². The number of Topliss-reactive ketones (excluding diaryl/α,β-unsaturated/α-hetero) is 1. The predicted octanol–water partition coefficient (Wildman–Crippen LogP) is 5.60. The zero-order valence-electron chi connectivity index (χ0n) is 21.8. The van der Waals surface area contributed by atoms with Crippen molar-refractivity contribution >= 4 is 23.1 Å². The molecule has 8 heteroatoms. The first-order valence-electron chi connectivity index (χ1n) is 12.5. The summed E-state index contributed by atoms with van der Waals surface area (Å²) in [6.45, 7) is 8.26. The number of phenolic OH excluding ortho intramolecular Hbond substituents is 1. The number of carbonyl (C=O) groups is 2. The van der Waals surface area contributed by atoms with E-state index < -0.39 is 17.7 Å². The van der Waals surface area contributed by atoms with Crippen molar-refractivity contribution in [3.05, 3.63) is 83.4 Å². The number of ether oxygens (including phenoxy) is 3. The highest BCUT2D eigenvalue weighted by Crippen LogP contribution is 2.44. The molecule has 0 spiro atoms. The van der Waals surface area contributed by atoms with Gasteiger partial charge in [-0.1, -0.05) is 6.07 Å². The molecule has 1 amide bonds. The maximum Gasteiger partial charge on any atom is 0.300 e. The van der Waals surface area contributed by atoms with Crippen molar-refractivity contribution in [1.82, 2.24) is 0 Å². The van der Waals surface area contributed by atoms with E-state index in [0.29, 0.717) is 41.5 Å². The lowest BCUT2D eigenvalue weighted by molar-refractivity contribution is -0.132. The fourth-order valence-electron chi connectivity index (χ4n) is 4.37. The van der Waals surface area contributed by atoms with E-state index in [-0.39, 0.29) is 28.9 Å². The van der Waals surface area contributed by atoms with Crippen LogP contribution in [0.3, 0.4) is 0 Å². The van der Waals surface area contributed by atoms with Crippen molar-refractivity contribution in [2.75, 3.05) is 18.1 Å². The van der Waals surface area contributed by atoms with E-state index in [9.17, 15) is 19.8 Å². The zero-order valence-corrected chi connectivity index (χ0v) is 21.8. The molecule has 1 saturated heterocycles. The Kier molecular flexibility index (Phi) is 7.90. The standard InChI is InChI=1S/C30H31NO7/c1-5-36-22-14-10-21(11-15-22)31-27(20-9-16-24(32)25(17-20)37-6-2)26(29(34)30(31)35)28(33)19-7-12-23(13-8-19)38-18(3)4/h7-18,27,32-33H,5-6H2,1-4H3/b28-26-. The van der Waals surface area contributed by atoms with Gasteiger partial charge in [0.25, 0.3) is 11.7 Å². The molecule has 0 aliphatic carbocycles. The molecule has 198 valence electrons. The van der Waals surface area contributed by atoms with Crippen molar-refractivity contribution in [1.29, 1.82) is 0 Å². The molecule has 3 aromatic rings. The summed E-state index contributed by atoms with van der Waals surface area (Å²) < 4.78 is 16.7. The number of anilines is 1. The molecule has 8 nitrogen and oxygen atoms in total. The van der Waals surface area contributed by atoms with Crippen LogP contribution in [0.1, 0.15) is 44.9 Å². The molecule has 2 N–H and O–H groups in total. The Balaban J connectivity index is 1.87. The second kappa shape index (κ2) is 11.3. The quantitative estimate of drug-likeness (QED) is 0.216. The number of aliphatic hydroxyl groups is 1. The fraction of sp³-hybridized carbons (Fsp3) is 0.267. The SMILES string of the molecule is CCOc1ccc(N2C(=O)C(=O)/C(=C(\O)c3ccc(OC(C)C)cc3)C2c2ccc(O)c(OCC)c2)cc1. The molecule has 1 fully saturated rings. The van der Waals surface area contributed by atoms with E-state index in [2.05, 4.69) is 0 Å². The lowest BCUT2D eigenvalue weighted by Crippen LogP contribution is -2.29.